The van der Waals surface area contributed by atoms with Gasteiger partial charge in [0.25, 0.3) is 0 Å². The molecule has 18 heavy (non-hydrogen) atoms. The number of aliphatic carboxylic acids is 1. The SMILES string of the molecule is NCC(=O)N1[C@@H]([C@H]2CC=CCC2)SC[C@H]1C(=O)O. The van der Waals surface area contributed by atoms with Crippen molar-refractivity contribution in [3.63, 3.8) is 0 Å². The fraction of sp³-hybridized carbons (Fsp3) is 0.667. The second-order valence-corrected chi connectivity index (χ2v) is 5.78. The van der Waals surface area contributed by atoms with Gasteiger partial charge in [-0.25, -0.2) is 4.79 Å². The second-order valence-electron chi connectivity index (χ2n) is 4.63. The van der Waals surface area contributed by atoms with Crippen molar-refractivity contribution in [1.29, 1.82) is 0 Å². The van der Waals surface area contributed by atoms with Crippen LogP contribution in [0.2, 0.25) is 0 Å². The maximum Gasteiger partial charge on any atom is 0.327 e. The number of thioether (sulfide) groups is 1. The molecule has 0 aromatic carbocycles. The summed E-state index contributed by atoms with van der Waals surface area (Å²) in [4.78, 5) is 24.6. The standard InChI is InChI=1S/C12H18N2O3S/c13-6-10(15)14-9(12(16)17)7-18-11(14)8-4-2-1-3-5-8/h1-2,8-9,11H,3-7,13H2,(H,16,17)/t8-,9-,11+/m0/s1. The predicted molar refractivity (Wildman–Crippen MR) is 70.1 cm³/mol. The molecule has 100 valence electrons. The number of carboxylic acid groups (broad SMARTS) is 1. The van der Waals surface area contributed by atoms with E-state index in [2.05, 4.69) is 12.2 Å². The van der Waals surface area contributed by atoms with E-state index in [1.54, 1.807) is 11.8 Å². The van der Waals surface area contributed by atoms with E-state index in [1.807, 2.05) is 0 Å². The van der Waals surface area contributed by atoms with Gasteiger partial charge in [-0.05, 0) is 25.2 Å². The van der Waals surface area contributed by atoms with Crippen LogP contribution in [0.15, 0.2) is 12.2 Å². The zero-order chi connectivity index (χ0) is 13.1. The van der Waals surface area contributed by atoms with E-state index in [-0.39, 0.29) is 17.8 Å². The summed E-state index contributed by atoms with van der Waals surface area (Å²) < 4.78 is 0. The second kappa shape index (κ2) is 5.75. The number of amides is 1. The fourth-order valence-corrected chi connectivity index (χ4v) is 4.21. The number of carbonyl (C=O) groups is 2. The molecule has 1 saturated heterocycles. The number of carbonyl (C=O) groups excluding carboxylic acids is 1. The molecule has 2 rings (SSSR count). The molecule has 1 aliphatic heterocycles. The topological polar surface area (TPSA) is 83.6 Å². The Hall–Kier alpha value is -1.01. The summed E-state index contributed by atoms with van der Waals surface area (Å²) >= 11 is 1.57. The molecule has 0 radical (unpaired) electrons. The molecule has 0 aromatic heterocycles. The third-order valence-electron chi connectivity index (χ3n) is 3.50. The highest BCUT2D eigenvalue weighted by atomic mass is 32.2. The fourth-order valence-electron chi connectivity index (χ4n) is 2.58. The molecule has 0 unspecified atom stereocenters. The molecule has 3 N–H and O–H groups in total. The number of hydrogen-bond donors (Lipinski definition) is 2. The minimum absolute atomic E-state index is 0.0351. The summed E-state index contributed by atoms with van der Waals surface area (Å²) in [5.74, 6) is -0.378. The first-order valence-corrected chi connectivity index (χ1v) is 7.20. The predicted octanol–water partition coefficient (Wildman–Crippen LogP) is 0.656. The van der Waals surface area contributed by atoms with Crippen LogP contribution in [0.3, 0.4) is 0 Å². The van der Waals surface area contributed by atoms with Crippen molar-refractivity contribution in [2.24, 2.45) is 11.7 Å². The van der Waals surface area contributed by atoms with E-state index in [4.69, 9.17) is 5.73 Å². The lowest BCUT2D eigenvalue weighted by Crippen LogP contribution is -2.50. The highest BCUT2D eigenvalue weighted by Crippen LogP contribution is 2.38. The summed E-state index contributed by atoms with van der Waals surface area (Å²) in [5, 5.41) is 9.15. The average Bonchev–Trinajstić information content (AvgIpc) is 2.83. The lowest BCUT2D eigenvalue weighted by molar-refractivity contribution is -0.149. The van der Waals surface area contributed by atoms with Crippen molar-refractivity contribution >= 4 is 23.6 Å². The molecular weight excluding hydrogens is 252 g/mol. The van der Waals surface area contributed by atoms with E-state index < -0.39 is 12.0 Å². The molecule has 5 nitrogen and oxygen atoms in total. The third-order valence-corrected chi connectivity index (χ3v) is 4.96. The minimum atomic E-state index is -0.932. The minimum Gasteiger partial charge on any atom is -0.480 e. The Balaban J connectivity index is 2.16. The monoisotopic (exact) mass is 270 g/mol. The van der Waals surface area contributed by atoms with Crippen LogP contribution >= 0.6 is 11.8 Å². The lowest BCUT2D eigenvalue weighted by Gasteiger charge is -2.33. The lowest BCUT2D eigenvalue weighted by atomic mass is 9.93. The number of nitrogens with zero attached hydrogens (tertiary/aromatic N) is 1. The van der Waals surface area contributed by atoms with Crippen molar-refractivity contribution in [3.05, 3.63) is 12.2 Å². The van der Waals surface area contributed by atoms with E-state index in [9.17, 15) is 14.7 Å². The van der Waals surface area contributed by atoms with Gasteiger partial charge in [-0.2, -0.15) is 0 Å². The first kappa shape index (κ1) is 13.4. The summed E-state index contributed by atoms with van der Waals surface area (Å²) in [5.41, 5.74) is 5.40. The van der Waals surface area contributed by atoms with Gasteiger partial charge in [-0.3, -0.25) is 4.79 Å². The number of rotatable bonds is 3. The molecule has 0 aromatic rings. The van der Waals surface area contributed by atoms with Crippen molar-refractivity contribution in [2.75, 3.05) is 12.3 Å². The smallest absolute Gasteiger partial charge is 0.327 e. The highest BCUT2D eigenvalue weighted by molar-refractivity contribution is 8.00. The molecule has 0 bridgehead atoms. The van der Waals surface area contributed by atoms with Crippen molar-refractivity contribution in [3.8, 4) is 0 Å². The molecule has 1 aliphatic carbocycles. The Morgan fingerprint density at radius 3 is 2.78 bits per heavy atom. The quantitative estimate of drug-likeness (QED) is 0.736. The van der Waals surface area contributed by atoms with Gasteiger partial charge in [0.1, 0.15) is 6.04 Å². The molecule has 6 heteroatoms. The van der Waals surface area contributed by atoms with Gasteiger partial charge in [-0.15, -0.1) is 11.8 Å². The molecule has 1 heterocycles. The molecule has 3 atom stereocenters. The Morgan fingerprint density at radius 1 is 1.44 bits per heavy atom. The van der Waals surface area contributed by atoms with Gasteiger partial charge in [0, 0.05) is 5.75 Å². The van der Waals surface area contributed by atoms with Gasteiger partial charge in [0.05, 0.1) is 11.9 Å². The van der Waals surface area contributed by atoms with Gasteiger partial charge in [0.2, 0.25) is 5.91 Å². The van der Waals surface area contributed by atoms with Crippen molar-refractivity contribution in [1.82, 2.24) is 4.90 Å². The average molecular weight is 270 g/mol. The van der Waals surface area contributed by atoms with Gasteiger partial charge in [-0.1, -0.05) is 12.2 Å². The zero-order valence-corrected chi connectivity index (χ0v) is 10.9. The largest absolute Gasteiger partial charge is 0.480 e. The number of carboxylic acids is 1. The van der Waals surface area contributed by atoms with Crippen molar-refractivity contribution in [2.45, 2.75) is 30.7 Å². The van der Waals surface area contributed by atoms with Gasteiger partial charge >= 0.3 is 5.97 Å². The highest BCUT2D eigenvalue weighted by Gasteiger charge is 2.44. The third kappa shape index (κ3) is 2.54. The maximum atomic E-state index is 11.9. The van der Waals surface area contributed by atoms with E-state index >= 15 is 0 Å². The zero-order valence-electron chi connectivity index (χ0n) is 10.1. The Labute approximate surface area is 110 Å². The van der Waals surface area contributed by atoms with Crippen LogP contribution in [0.5, 0.6) is 0 Å². The molecule has 0 spiro atoms. The summed E-state index contributed by atoms with van der Waals surface area (Å²) in [6, 6.07) is -0.720. The van der Waals surface area contributed by atoms with Crippen LogP contribution < -0.4 is 5.73 Å². The van der Waals surface area contributed by atoms with Crippen LogP contribution in [0.25, 0.3) is 0 Å². The van der Waals surface area contributed by atoms with E-state index in [0.717, 1.165) is 19.3 Å². The van der Waals surface area contributed by atoms with Crippen LogP contribution in [0.1, 0.15) is 19.3 Å². The van der Waals surface area contributed by atoms with E-state index in [1.165, 1.54) is 4.90 Å². The first-order valence-electron chi connectivity index (χ1n) is 6.15. The number of hydrogen-bond acceptors (Lipinski definition) is 4. The van der Waals surface area contributed by atoms with Crippen LogP contribution in [-0.2, 0) is 9.59 Å². The Morgan fingerprint density at radius 2 is 2.22 bits per heavy atom. The summed E-state index contributed by atoms with van der Waals surface area (Å²) in [7, 11) is 0. The molecule has 1 amide bonds. The van der Waals surface area contributed by atoms with Crippen LogP contribution in [-0.4, -0.2) is 45.6 Å². The molecule has 2 aliphatic rings. The van der Waals surface area contributed by atoms with Crippen molar-refractivity contribution < 1.29 is 14.7 Å². The van der Waals surface area contributed by atoms with E-state index in [0.29, 0.717) is 11.7 Å². The first-order chi connectivity index (χ1) is 8.65. The Bertz CT molecular complexity index is 372. The maximum absolute atomic E-state index is 11.9. The number of nitrogens with two attached hydrogens (primary N) is 1. The normalized spacial score (nSPS) is 31.6. The summed E-state index contributed by atoms with van der Waals surface area (Å²) in [6.45, 7) is -0.122. The van der Waals surface area contributed by atoms with Gasteiger partial charge < -0.3 is 15.7 Å². The number of allylic oxidation sites excluding steroid dienone is 2. The summed E-state index contributed by atoms with van der Waals surface area (Å²) in [6.07, 6.45) is 7.19. The molecule has 0 saturated carbocycles. The molecular formula is C12H18N2O3S. The Kier molecular flexibility index (Phi) is 4.29. The van der Waals surface area contributed by atoms with Crippen LogP contribution in [0.4, 0.5) is 0 Å². The molecule has 1 fully saturated rings. The van der Waals surface area contributed by atoms with Gasteiger partial charge in [0.15, 0.2) is 0 Å². The van der Waals surface area contributed by atoms with Crippen LogP contribution in [0, 0.1) is 5.92 Å².